The average molecular weight is 323 g/mol. The van der Waals surface area contributed by atoms with Crippen molar-refractivity contribution in [1.82, 2.24) is 0 Å². The molecule has 3 nitrogen and oxygen atoms in total. The number of fused-ring (bicyclic) bond motifs is 5. The molecule has 0 radical (unpaired) electrons. The highest BCUT2D eigenvalue weighted by Crippen LogP contribution is 2.64. The highest BCUT2D eigenvalue weighted by Gasteiger charge is 2.61. The van der Waals surface area contributed by atoms with Gasteiger partial charge >= 0.3 is 0 Å². The lowest BCUT2D eigenvalue weighted by molar-refractivity contribution is -0.131. The Morgan fingerprint density at radius 3 is 2.62 bits per heavy atom. The normalized spacial score (nSPS) is 47.4. The Balaban J connectivity index is 1.84. The first-order chi connectivity index (χ1) is 11.3. The molecule has 3 saturated carbocycles. The van der Waals surface area contributed by atoms with E-state index in [1.54, 1.807) is 0 Å². The van der Waals surface area contributed by atoms with Crippen LogP contribution in [0.2, 0.25) is 0 Å². The van der Waals surface area contributed by atoms with E-state index in [0.29, 0.717) is 30.5 Å². The van der Waals surface area contributed by atoms with Crippen LogP contribution in [0.1, 0.15) is 52.4 Å². The zero-order valence-corrected chi connectivity index (χ0v) is 14.5. The van der Waals surface area contributed by atoms with Crippen LogP contribution in [0.3, 0.4) is 0 Å². The smallest absolute Gasteiger partial charge is 0.176 e. The van der Waals surface area contributed by atoms with Crippen molar-refractivity contribution in [3.8, 4) is 12.3 Å². The van der Waals surface area contributed by atoms with Gasteiger partial charge in [-0.3, -0.25) is 9.59 Å². The maximum absolute atomic E-state index is 12.5. The molecule has 4 rings (SSSR count). The molecule has 0 spiro atoms. The Morgan fingerprint density at radius 2 is 1.92 bits per heavy atom. The van der Waals surface area contributed by atoms with Crippen LogP contribution in [0.5, 0.6) is 0 Å². The summed E-state index contributed by atoms with van der Waals surface area (Å²) in [7, 11) is 0. The summed E-state index contributed by atoms with van der Waals surface area (Å²) >= 11 is 0. The van der Waals surface area contributed by atoms with Crippen molar-refractivity contribution in [1.29, 1.82) is 5.41 Å². The van der Waals surface area contributed by atoms with E-state index in [9.17, 15) is 9.59 Å². The molecule has 0 bridgehead atoms. The summed E-state index contributed by atoms with van der Waals surface area (Å²) in [6.07, 6.45) is 12.7. The van der Waals surface area contributed by atoms with E-state index in [1.165, 1.54) is 0 Å². The summed E-state index contributed by atoms with van der Waals surface area (Å²) in [5.41, 5.74) is 0.903. The van der Waals surface area contributed by atoms with Gasteiger partial charge in [-0.05, 0) is 48.9 Å². The quantitative estimate of drug-likeness (QED) is 0.693. The number of Topliss-reactive ketones (excluding diaryl/α,β-unsaturated/α-hetero) is 2. The van der Waals surface area contributed by atoms with E-state index >= 15 is 0 Å². The topological polar surface area (TPSA) is 58.0 Å². The first-order valence-corrected chi connectivity index (χ1v) is 9.16. The van der Waals surface area contributed by atoms with Crippen molar-refractivity contribution in [2.24, 2.45) is 34.5 Å². The average Bonchev–Trinajstić information content (AvgIpc) is 2.87. The maximum atomic E-state index is 12.5. The highest BCUT2D eigenvalue weighted by molar-refractivity contribution is 6.40. The highest BCUT2D eigenvalue weighted by atomic mass is 16.1. The molecular weight excluding hydrogens is 298 g/mol. The number of rotatable bonds is 0. The van der Waals surface area contributed by atoms with Gasteiger partial charge in [0.05, 0.1) is 5.71 Å². The first kappa shape index (κ1) is 15.8. The molecule has 126 valence electrons. The fraction of sp³-hybridized carbons (Fsp3) is 0.667. The summed E-state index contributed by atoms with van der Waals surface area (Å²) in [5, 5.41) is 8.32. The molecule has 3 fully saturated rings. The zero-order chi connectivity index (χ0) is 17.3. The first-order valence-electron chi connectivity index (χ1n) is 9.16. The largest absolute Gasteiger partial charge is 0.301 e. The predicted octanol–water partition coefficient (Wildman–Crippen LogP) is 3.58. The number of carbonyl (C=O) groups excluding carboxylic acids is 2. The predicted molar refractivity (Wildman–Crippen MR) is 92.5 cm³/mol. The number of hydrogen-bond acceptors (Lipinski definition) is 3. The van der Waals surface area contributed by atoms with Gasteiger partial charge in [0.15, 0.2) is 5.78 Å². The second-order valence-electron chi connectivity index (χ2n) is 8.74. The summed E-state index contributed by atoms with van der Waals surface area (Å²) in [6.45, 7) is 4.39. The Hall–Kier alpha value is -1.69. The van der Waals surface area contributed by atoms with Gasteiger partial charge in [0.25, 0.3) is 0 Å². The van der Waals surface area contributed by atoms with Gasteiger partial charge < -0.3 is 5.41 Å². The van der Waals surface area contributed by atoms with Crippen molar-refractivity contribution >= 4 is 17.3 Å². The fourth-order valence-corrected chi connectivity index (χ4v) is 6.39. The second kappa shape index (κ2) is 4.91. The van der Waals surface area contributed by atoms with E-state index in [1.807, 2.05) is 6.08 Å². The summed E-state index contributed by atoms with van der Waals surface area (Å²) in [4.78, 5) is 24.6. The van der Waals surface area contributed by atoms with Crippen LogP contribution in [0, 0.1) is 52.3 Å². The molecule has 0 aromatic heterocycles. The van der Waals surface area contributed by atoms with Crippen molar-refractivity contribution in [2.75, 3.05) is 0 Å². The Bertz CT molecular complexity index is 727. The molecule has 1 N–H and O–H groups in total. The fourth-order valence-electron chi connectivity index (χ4n) is 6.39. The monoisotopic (exact) mass is 323 g/mol. The van der Waals surface area contributed by atoms with Crippen LogP contribution in [0.4, 0.5) is 0 Å². The molecule has 3 heteroatoms. The Morgan fingerprint density at radius 1 is 1.17 bits per heavy atom. The van der Waals surface area contributed by atoms with Crippen molar-refractivity contribution < 1.29 is 9.59 Å². The number of carbonyl (C=O) groups is 2. The lowest BCUT2D eigenvalue weighted by Gasteiger charge is -2.57. The minimum Gasteiger partial charge on any atom is -0.301 e. The summed E-state index contributed by atoms with van der Waals surface area (Å²) in [5.74, 6) is 4.07. The molecule has 0 saturated heterocycles. The van der Waals surface area contributed by atoms with E-state index in [0.717, 1.165) is 31.3 Å². The van der Waals surface area contributed by atoms with E-state index in [-0.39, 0.29) is 34.2 Å². The van der Waals surface area contributed by atoms with Crippen LogP contribution in [0.15, 0.2) is 11.6 Å². The Kier molecular flexibility index (Phi) is 3.24. The molecular formula is C21H25NO2. The molecule has 0 heterocycles. The van der Waals surface area contributed by atoms with Crippen LogP contribution in [0.25, 0.3) is 0 Å². The van der Waals surface area contributed by atoms with Crippen molar-refractivity contribution in [2.45, 2.75) is 52.4 Å². The minimum atomic E-state index is -0.224. The third kappa shape index (κ3) is 1.78. The molecule has 0 aliphatic heterocycles. The van der Waals surface area contributed by atoms with Gasteiger partial charge in [-0.2, -0.15) is 0 Å². The van der Waals surface area contributed by atoms with Gasteiger partial charge in [-0.25, -0.2) is 0 Å². The molecule has 4 aliphatic rings. The number of allylic oxidation sites excluding steroid dienone is 2. The third-order valence-corrected chi connectivity index (χ3v) is 7.91. The van der Waals surface area contributed by atoms with E-state index < -0.39 is 0 Å². The lowest BCUT2D eigenvalue weighted by Crippen LogP contribution is -2.55. The maximum Gasteiger partial charge on any atom is 0.176 e. The van der Waals surface area contributed by atoms with Crippen molar-refractivity contribution in [3.63, 3.8) is 0 Å². The van der Waals surface area contributed by atoms with Gasteiger partial charge in [0.2, 0.25) is 0 Å². The van der Waals surface area contributed by atoms with E-state index in [2.05, 4.69) is 19.8 Å². The van der Waals surface area contributed by atoms with Gasteiger partial charge in [0.1, 0.15) is 5.78 Å². The van der Waals surface area contributed by atoms with Crippen molar-refractivity contribution in [3.05, 3.63) is 11.6 Å². The molecule has 0 amide bonds. The van der Waals surface area contributed by atoms with E-state index in [4.69, 9.17) is 11.8 Å². The number of terminal acetylenes is 1. The number of ketones is 2. The molecule has 0 aromatic rings. The van der Waals surface area contributed by atoms with Crippen LogP contribution >= 0.6 is 0 Å². The van der Waals surface area contributed by atoms with Gasteiger partial charge in [0, 0.05) is 29.7 Å². The molecule has 4 aliphatic carbocycles. The third-order valence-electron chi connectivity index (χ3n) is 7.91. The van der Waals surface area contributed by atoms with Crippen LogP contribution < -0.4 is 0 Å². The number of hydrogen-bond donors (Lipinski definition) is 1. The lowest BCUT2D eigenvalue weighted by atomic mass is 9.45. The zero-order valence-electron chi connectivity index (χ0n) is 14.5. The molecule has 24 heavy (non-hydrogen) atoms. The van der Waals surface area contributed by atoms with Gasteiger partial charge in [-0.1, -0.05) is 25.8 Å². The number of nitrogens with one attached hydrogen (secondary N) is 1. The molecule has 1 unspecified atom stereocenters. The van der Waals surface area contributed by atoms with Gasteiger partial charge in [-0.15, -0.1) is 6.42 Å². The summed E-state index contributed by atoms with van der Waals surface area (Å²) < 4.78 is 0. The molecule has 6 atom stereocenters. The molecule has 0 aromatic carbocycles. The van der Waals surface area contributed by atoms with Crippen LogP contribution in [-0.2, 0) is 9.59 Å². The minimum absolute atomic E-state index is 0.0276. The second-order valence-corrected chi connectivity index (χ2v) is 8.74. The Labute approximate surface area is 143 Å². The van der Waals surface area contributed by atoms with Crippen LogP contribution in [-0.4, -0.2) is 17.3 Å². The summed E-state index contributed by atoms with van der Waals surface area (Å²) in [6, 6.07) is 0. The SMILES string of the molecule is C#CC1=CC2C(=N)C(=O)CC[C@]2(C)[C@H]2CC[C@]3(C)C(=O)CC[C@H]3[C@H]12. The standard InChI is InChI=1S/C21H25NO2/c1-4-12-11-15-19(22)16(23)8-10-20(15,2)14-7-9-21(3)13(18(12)14)5-6-17(21)24/h1,11,13-15,18,22H,5-10H2,2-3H3/t13-,14-,15?,18-,20+,21-/m0/s1.